The molecule has 0 unspecified atom stereocenters. The molecule has 0 aliphatic heterocycles. The second-order valence-corrected chi connectivity index (χ2v) is 7.64. The first-order chi connectivity index (χ1) is 15.0. The average molecular weight is 474 g/mol. The number of hydrogen-bond donors (Lipinski definition) is 0. The molecule has 4 aromatic rings. The van der Waals surface area contributed by atoms with Crippen molar-refractivity contribution in [1.29, 1.82) is 0 Å². The van der Waals surface area contributed by atoms with Crippen molar-refractivity contribution in [3.8, 4) is 16.9 Å². The minimum Gasteiger partial charge on any atom is -0.289 e. The fourth-order valence-electron chi connectivity index (χ4n) is 3.06. The highest BCUT2D eigenvalue weighted by atomic mass is 79.9. The van der Waals surface area contributed by atoms with E-state index in [1.165, 1.54) is 18.2 Å². The SMILES string of the molecule is O=C(/C=C/c1cn(-c2ccc(Br)cc2)nc1-c1ccc([N+](=O)[O-])cc1)c1ccccc1. The number of carbonyl (C=O) groups excluding carboxylic acids is 1. The molecule has 0 radical (unpaired) electrons. The second kappa shape index (κ2) is 8.89. The van der Waals surface area contributed by atoms with E-state index in [-0.39, 0.29) is 11.5 Å². The van der Waals surface area contributed by atoms with Gasteiger partial charge in [0.25, 0.3) is 5.69 Å². The maximum Gasteiger partial charge on any atom is 0.269 e. The van der Waals surface area contributed by atoms with Gasteiger partial charge in [-0.3, -0.25) is 14.9 Å². The van der Waals surface area contributed by atoms with Crippen molar-refractivity contribution in [2.24, 2.45) is 0 Å². The number of non-ortho nitro benzene ring substituents is 1. The van der Waals surface area contributed by atoms with Gasteiger partial charge in [0.1, 0.15) is 0 Å². The van der Waals surface area contributed by atoms with Crippen LogP contribution >= 0.6 is 15.9 Å². The molecule has 0 aliphatic carbocycles. The summed E-state index contributed by atoms with van der Waals surface area (Å²) in [4.78, 5) is 23.0. The topological polar surface area (TPSA) is 78.0 Å². The number of carbonyl (C=O) groups is 1. The lowest BCUT2D eigenvalue weighted by molar-refractivity contribution is -0.384. The Bertz CT molecular complexity index is 1260. The van der Waals surface area contributed by atoms with Gasteiger partial charge < -0.3 is 0 Å². The number of nitro groups is 1. The summed E-state index contributed by atoms with van der Waals surface area (Å²) in [6.45, 7) is 0. The summed E-state index contributed by atoms with van der Waals surface area (Å²) in [5, 5.41) is 15.7. The third-order valence-corrected chi connectivity index (χ3v) is 5.19. The number of halogens is 1. The molecule has 6 nitrogen and oxygen atoms in total. The number of ketones is 1. The molecule has 31 heavy (non-hydrogen) atoms. The van der Waals surface area contributed by atoms with Crippen molar-refractivity contribution in [3.63, 3.8) is 0 Å². The highest BCUT2D eigenvalue weighted by Gasteiger charge is 2.13. The van der Waals surface area contributed by atoms with Gasteiger partial charge in [-0.25, -0.2) is 4.68 Å². The van der Waals surface area contributed by atoms with E-state index in [9.17, 15) is 14.9 Å². The molecular weight excluding hydrogens is 458 g/mol. The molecule has 0 atom stereocenters. The molecular formula is C24H16BrN3O3. The van der Waals surface area contributed by atoms with Crippen LogP contribution in [0, 0.1) is 10.1 Å². The van der Waals surface area contributed by atoms with Crippen LogP contribution in [0.15, 0.2) is 95.6 Å². The molecule has 7 heteroatoms. The van der Waals surface area contributed by atoms with Crippen molar-refractivity contribution >= 4 is 33.5 Å². The lowest BCUT2D eigenvalue weighted by Crippen LogP contribution is -1.94. The predicted molar refractivity (Wildman–Crippen MR) is 123 cm³/mol. The van der Waals surface area contributed by atoms with E-state index in [4.69, 9.17) is 0 Å². The van der Waals surface area contributed by atoms with E-state index in [1.54, 1.807) is 35.0 Å². The minimum atomic E-state index is -0.441. The van der Waals surface area contributed by atoms with Gasteiger partial charge in [0, 0.05) is 39.5 Å². The summed E-state index contributed by atoms with van der Waals surface area (Å²) in [7, 11) is 0. The number of nitro benzene ring substituents is 1. The van der Waals surface area contributed by atoms with E-state index >= 15 is 0 Å². The van der Waals surface area contributed by atoms with Crippen LogP contribution in [0.2, 0.25) is 0 Å². The first kappa shape index (κ1) is 20.4. The van der Waals surface area contributed by atoms with Gasteiger partial charge in [0.05, 0.1) is 16.3 Å². The van der Waals surface area contributed by atoms with E-state index in [1.807, 2.05) is 48.7 Å². The van der Waals surface area contributed by atoms with E-state index in [0.29, 0.717) is 16.8 Å². The molecule has 0 spiro atoms. The smallest absolute Gasteiger partial charge is 0.269 e. The molecule has 0 amide bonds. The summed E-state index contributed by atoms with van der Waals surface area (Å²) in [5.74, 6) is -0.119. The van der Waals surface area contributed by atoms with Gasteiger partial charge in [0.2, 0.25) is 0 Å². The van der Waals surface area contributed by atoms with Crippen LogP contribution in [0.25, 0.3) is 23.0 Å². The maximum absolute atomic E-state index is 12.5. The Hall–Kier alpha value is -3.84. The second-order valence-electron chi connectivity index (χ2n) is 6.72. The van der Waals surface area contributed by atoms with Gasteiger partial charge in [-0.05, 0) is 48.6 Å². The van der Waals surface area contributed by atoms with Gasteiger partial charge >= 0.3 is 0 Å². The highest BCUT2D eigenvalue weighted by molar-refractivity contribution is 9.10. The summed E-state index contributed by atoms with van der Waals surface area (Å²) < 4.78 is 2.67. The van der Waals surface area contributed by atoms with Crippen molar-refractivity contribution < 1.29 is 9.72 Å². The molecule has 0 bridgehead atoms. The molecule has 1 heterocycles. The number of aromatic nitrogens is 2. The summed E-state index contributed by atoms with van der Waals surface area (Å²) >= 11 is 3.42. The predicted octanol–water partition coefficient (Wildman–Crippen LogP) is 6.11. The fourth-order valence-corrected chi connectivity index (χ4v) is 3.33. The molecule has 0 N–H and O–H groups in total. The monoisotopic (exact) mass is 473 g/mol. The standard InChI is InChI=1S/C24H16BrN3O3/c25-20-9-13-21(14-10-20)27-16-19(8-15-23(29)17-4-2-1-3-5-17)24(26-27)18-6-11-22(12-7-18)28(30)31/h1-16H/b15-8+. The number of nitrogens with zero attached hydrogens (tertiary/aromatic N) is 3. The van der Waals surface area contributed by atoms with Crippen LogP contribution in [0.4, 0.5) is 5.69 Å². The van der Waals surface area contributed by atoms with E-state index in [2.05, 4.69) is 21.0 Å². The first-order valence-corrected chi connectivity index (χ1v) is 10.2. The minimum absolute atomic E-state index is 0.00689. The van der Waals surface area contributed by atoms with Gasteiger partial charge in [-0.15, -0.1) is 0 Å². The zero-order chi connectivity index (χ0) is 21.8. The van der Waals surface area contributed by atoms with Crippen LogP contribution in [-0.4, -0.2) is 20.5 Å². The molecule has 4 rings (SSSR count). The molecule has 0 fully saturated rings. The van der Waals surface area contributed by atoms with Gasteiger partial charge in [0.15, 0.2) is 5.78 Å². The van der Waals surface area contributed by atoms with E-state index in [0.717, 1.165) is 15.7 Å². The Kier molecular flexibility index (Phi) is 5.86. The molecule has 0 saturated carbocycles. The quantitative estimate of drug-likeness (QED) is 0.146. The maximum atomic E-state index is 12.5. The Balaban J connectivity index is 1.74. The number of hydrogen-bond acceptors (Lipinski definition) is 4. The summed E-state index contributed by atoms with van der Waals surface area (Å²) in [6, 6.07) is 22.9. The summed E-state index contributed by atoms with van der Waals surface area (Å²) in [6.07, 6.45) is 5.05. The van der Waals surface area contributed by atoms with E-state index < -0.39 is 4.92 Å². The first-order valence-electron chi connectivity index (χ1n) is 9.39. The van der Waals surface area contributed by atoms with Crippen molar-refractivity contribution in [1.82, 2.24) is 9.78 Å². The van der Waals surface area contributed by atoms with Crippen LogP contribution < -0.4 is 0 Å². The molecule has 0 aliphatic rings. The third-order valence-electron chi connectivity index (χ3n) is 4.66. The average Bonchev–Trinajstić information content (AvgIpc) is 3.23. The fraction of sp³-hybridized carbons (Fsp3) is 0. The largest absolute Gasteiger partial charge is 0.289 e. The lowest BCUT2D eigenvalue weighted by atomic mass is 10.1. The van der Waals surface area contributed by atoms with Crippen LogP contribution in [0.5, 0.6) is 0 Å². The van der Waals surface area contributed by atoms with Gasteiger partial charge in [-0.2, -0.15) is 5.10 Å². The Labute approximate surface area is 186 Å². The van der Waals surface area contributed by atoms with Crippen LogP contribution in [-0.2, 0) is 0 Å². The Morgan fingerprint density at radius 1 is 0.968 bits per heavy atom. The highest BCUT2D eigenvalue weighted by Crippen LogP contribution is 2.27. The molecule has 152 valence electrons. The molecule has 3 aromatic carbocycles. The normalized spacial score (nSPS) is 11.0. The zero-order valence-electron chi connectivity index (χ0n) is 16.2. The zero-order valence-corrected chi connectivity index (χ0v) is 17.8. The van der Waals surface area contributed by atoms with Crippen molar-refractivity contribution in [3.05, 3.63) is 117 Å². The Morgan fingerprint density at radius 3 is 2.29 bits per heavy atom. The van der Waals surface area contributed by atoms with Crippen molar-refractivity contribution in [2.45, 2.75) is 0 Å². The molecule has 0 saturated heterocycles. The molecule has 1 aromatic heterocycles. The number of allylic oxidation sites excluding steroid dienone is 1. The van der Waals surface area contributed by atoms with Crippen LogP contribution in [0.3, 0.4) is 0 Å². The lowest BCUT2D eigenvalue weighted by Gasteiger charge is -2.01. The van der Waals surface area contributed by atoms with Crippen molar-refractivity contribution in [2.75, 3.05) is 0 Å². The number of benzene rings is 3. The number of rotatable bonds is 6. The van der Waals surface area contributed by atoms with Crippen LogP contribution in [0.1, 0.15) is 15.9 Å². The third kappa shape index (κ3) is 4.67. The summed E-state index contributed by atoms with van der Waals surface area (Å²) in [5.41, 5.74) is 3.51. The van der Waals surface area contributed by atoms with Gasteiger partial charge in [-0.1, -0.05) is 46.3 Å². The Morgan fingerprint density at radius 2 is 1.65 bits per heavy atom.